The average Bonchev–Trinajstić information content (AvgIpc) is 2.45. The van der Waals surface area contributed by atoms with Crippen LogP contribution >= 0.6 is 15.9 Å². The number of hydrogen-bond donors (Lipinski definition) is 1. The number of benzene rings is 2. The fourth-order valence-electron chi connectivity index (χ4n) is 2.18. The molecule has 0 aromatic heterocycles. The van der Waals surface area contributed by atoms with Crippen LogP contribution in [0.1, 0.15) is 17.2 Å². The molecule has 2 aromatic rings. The Bertz CT molecular complexity index is 588. The van der Waals surface area contributed by atoms with Crippen molar-refractivity contribution in [1.29, 1.82) is 0 Å². The monoisotopic (exact) mass is 337 g/mol. The number of rotatable bonds is 5. The second-order valence-corrected chi connectivity index (χ2v) is 5.42. The summed E-state index contributed by atoms with van der Waals surface area (Å²) in [6.07, 6.45) is 0.721. The molecule has 0 heterocycles. The second kappa shape index (κ2) is 6.86. The van der Waals surface area contributed by atoms with Gasteiger partial charge in [0, 0.05) is 10.5 Å². The molecule has 0 amide bonds. The molecule has 2 rings (SSSR count). The first-order valence-corrected chi connectivity index (χ1v) is 7.18. The topological polar surface area (TPSA) is 21.3 Å². The Morgan fingerprint density at radius 1 is 1.25 bits per heavy atom. The van der Waals surface area contributed by atoms with Crippen LogP contribution in [-0.4, -0.2) is 14.2 Å². The minimum absolute atomic E-state index is 0.108. The third-order valence-electron chi connectivity index (χ3n) is 3.26. The molecule has 0 spiro atoms. The van der Waals surface area contributed by atoms with Gasteiger partial charge in [0.15, 0.2) is 0 Å². The molecule has 0 radical (unpaired) electrons. The van der Waals surface area contributed by atoms with E-state index < -0.39 is 0 Å². The van der Waals surface area contributed by atoms with Gasteiger partial charge in [0.1, 0.15) is 11.6 Å². The van der Waals surface area contributed by atoms with E-state index in [-0.39, 0.29) is 11.9 Å². The van der Waals surface area contributed by atoms with Crippen LogP contribution in [0.25, 0.3) is 0 Å². The molecule has 0 aliphatic rings. The number of halogens is 2. The van der Waals surface area contributed by atoms with Crippen LogP contribution in [0, 0.1) is 5.82 Å². The Morgan fingerprint density at radius 2 is 2.05 bits per heavy atom. The van der Waals surface area contributed by atoms with Gasteiger partial charge < -0.3 is 10.1 Å². The van der Waals surface area contributed by atoms with E-state index in [2.05, 4.69) is 21.2 Å². The highest BCUT2D eigenvalue weighted by Crippen LogP contribution is 2.29. The van der Waals surface area contributed by atoms with E-state index in [0.717, 1.165) is 27.8 Å². The molecule has 0 saturated carbocycles. The summed E-state index contributed by atoms with van der Waals surface area (Å²) in [7, 11) is 3.55. The first-order chi connectivity index (χ1) is 9.63. The number of methoxy groups -OCH3 is 1. The molecular weight excluding hydrogens is 321 g/mol. The minimum atomic E-state index is -0.203. The van der Waals surface area contributed by atoms with Gasteiger partial charge in [0.2, 0.25) is 0 Å². The molecule has 2 nitrogen and oxygen atoms in total. The Kier molecular flexibility index (Phi) is 5.15. The highest BCUT2D eigenvalue weighted by atomic mass is 79.9. The lowest BCUT2D eigenvalue weighted by Gasteiger charge is -2.19. The summed E-state index contributed by atoms with van der Waals surface area (Å²) in [6, 6.07) is 12.7. The van der Waals surface area contributed by atoms with Crippen molar-refractivity contribution >= 4 is 15.9 Å². The maximum atomic E-state index is 13.3. The molecule has 0 fully saturated rings. The van der Waals surface area contributed by atoms with Crippen molar-refractivity contribution < 1.29 is 9.13 Å². The van der Waals surface area contributed by atoms with Gasteiger partial charge in [-0.2, -0.15) is 0 Å². The molecule has 0 bridgehead atoms. The predicted octanol–water partition coefficient (Wildman–Crippen LogP) is 4.10. The third-order valence-corrected chi connectivity index (χ3v) is 3.95. The van der Waals surface area contributed by atoms with Crippen LogP contribution in [-0.2, 0) is 6.42 Å². The lowest BCUT2D eigenvalue weighted by molar-refractivity contribution is 0.414. The van der Waals surface area contributed by atoms with Crippen LogP contribution in [0.2, 0.25) is 0 Å². The number of likely N-dealkylation sites (N-methyl/N-ethyl adjacent to an activating group) is 1. The van der Waals surface area contributed by atoms with Gasteiger partial charge in [0.25, 0.3) is 0 Å². The van der Waals surface area contributed by atoms with Crippen LogP contribution in [0.15, 0.2) is 46.9 Å². The summed E-state index contributed by atoms with van der Waals surface area (Å²) in [5.41, 5.74) is 2.09. The van der Waals surface area contributed by atoms with Crippen LogP contribution in [0.4, 0.5) is 4.39 Å². The summed E-state index contributed by atoms with van der Waals surface area (Å²) in [5, 5.41) is 3.27. The first kappa shape index (κ1) is 15.0. The zero-order valence-corrected chi connectivity index (χ0v) is 13.1. The molecule has 4 heteroatoms. The number of hydrogen-bond acceptors (Lipinski definition) is 2. The van der Waals surface area contributed by atoms with Gasteiger partial charge in [-0.3, -0.25) is 0 Å². The largest absolute Gasteiger partial charge is 0.497 e. The average molecular weight is 338 g/mol. The summed E-state index contributed by atoms with van der Waals surface area (Å²) >= 11 is 3.56. The SMILES string of the molecule is CNC(Cc1cccc(F)c1)c1ccc(OC)cc1Br. The van der Waals surface area contributed by atoms with E-state index in [9.17, 15) is 4.39 Å². The van der Waals surface area contributed by atoms with Crippen molar-refractivity contribution in [3.8, 4) is 5.75 Å². The van der Waals surface area contributed by atoms with Crippen molar-refractivity contribution in [2.45, 2.75) is 12.5 Å². The van der Waals surface area contributed by atoms with Crippen molar-refractivity contribution in [3.05, 3.63) is 63.9 Å². The minimum Gasteiger partial charge on any atom is -0.497 e. The van der Waals surface area contributed by atoms with Gasteiger partial charge in [0.05, 0.1) is 7.11 Å². The summed E-state index contributed by atoms with van der Waals surface area (Å²) in [5.74, 6) is 0.604. The fraction of sp³-hybridized carbons (Fsp3) is 0.250. The maximum absolute atomic E-state index is 13.3. The second-order valence-electron chi connectivity index (χ2n) is 4.56. The van der Waals surface area contributed by atoms with Crippen LogP contribution in [0.5, 0.6) is 5.75 Å². The van der Waals surface area contributed by atoms with Crippen molar-refractivity contribution in [3.63, 3.8) is 0 Å². The van der Waals surface area contributed by atoms with Crippen molar-refractivity contribution in [1.82, 2.24) is 5.32 Å². The molecule has 1 N–H and O–H groups in total. The van der Waals surface area contributed by atoms with Gasteiger partial charge in [-0.05, 0) is 48.9 Å². The summed E-state index contributed by atoms with van der Waals surface area (Å²) in [6.45, 7) is 0. The van der Waals surface area contributed by atoms with E-state index in [1.54, 1.807) is 19.2 Å². The Balaban J connectivity index is 2.24. The molecule has 20 heavy (non-hydrogen) atoms. The zero-order chi connectivity index (χ0) is 14.5. The van der Waals surface area contributed by atoms with E-state index in [1.807, 2.05) is 31.3 Å². The highest BCUT2D eigenvalue weighted by Gasteiger charge is 2.14. The Labute approximate surface area is 127 Å². The van der Waals surface area contributed by atoms with E-state index in [4.69, 9.17) is 4.74 Å². The molecular formula is C16H17BrFNO. The number of ether oxygens (including phenoxy) is 1. The fourth-order valence-corrected chi connectivity index (χ4v) is 2.82. The molecule has 0 aliphatic carbocycles. The molecule has 2 aromatic carbocycles. The summed E-state index contributed by atoms with van der Waals surface area (Å²) < 4.78 is 19.4. The van der Waals surface area contributed by atoms with E-state index in [0.29, 0.717) is 0 Å². The van der Waals surface area contributed by atoms with Gasteiger partial charge >= 0.3 is 0 Å². The molecule has 1 atom stereocenters. The van der Waals surface area contributed by atoms with Crippen molar-refractivity contribution in [2.24, 2.45) is 0 Å². The highest BCUT2D eigenvalue weighted by molar-refractivity contribution is 9.10. The predicted molar refractivity (Wildman–Crippen MR) is 82.6 cm³/mol. The van der Waals surface area contributed by atoms with Gasteiger partial charge in [-0.15, -0.1) is 0 Å². The molecule has 0 aliphatic heterocycles. The maximum Gasteiger partial charge on any atom is 0.123 e. The molecule has 1 unspecified atom stereocenters. The third kappa shape index (κ3) is 3.58. The van der Waals surface area contributed by atoms with Gasteiger partial charge in [-0.1, -0.05) is 34.1 Å². The van der Waals surface area contributed by atoms with Gasteiger partial charge in [-0.25, -0.2) is 4.39 Å². The quantitative estimate of drug-likeness (QED) is 0.886. The van der Waals surface area contributed by atoms with Crippen LogP contribution in [0.3, 0.4) is 0 Å². The normalized spacial score (nSPS) is 12.2. The number of nitrogens with one attached hydrogen (secondary N) is 1. The lowest BCUT2D eigenvalue weighted by atomic mass is 9.99. The van der Waals surface area contributed by atoms with Crippen LogP contribution < -0.4 is 10.1 Å². The Morgan fingerprint density at radius 3 is 2.65 bits per heavy atom. The first-order valence-electron chi connectivity index (χ1n) is 6.39. The van der Waals surface area contributed by atoms with E-state index >= 15 is 0 Å². The molecule has 0 saturated heterocycles. The standard InChI is InChI=1S/C16H17BrFNO/c1-19-16(9-11-4-3-5-12(18)8-11)14-7-6-13(20-2)10-15(14)17/h3-8,10,16,19H,9H2,1-2H3. The molecule has 106 valence electrons. The smallest absolute Gasteiger partial charge is 0.123 e. The van der Waals surface area contributed by atoms with E-state index in [1.165, 1.54) is 6.07 Å². The summed E-state index contributed by atoms with van der Waals surface area (Å²) in [4.78, 5) is 0. The van der Waals surface area contributed by atoms with Crippen molar-refractivity contribution in [2.75, 3.05) is 14.2 Å². The lowest BCUT2D eigenvalue weighted by Crippen LogP contribution is -2.19. The zero-order valence-electron chi connectivity index (χ0n) is 11.5. The Hall–Kier alpha value is -1.39.